The van der Waals surface area contributed by atoms with Crippen LogP contribution < -0.4 is 5.32 Å². The van der Waals surface area contributed by atoms with Gasteiger partial charge in [-0.05, 0) is 42.0 Å². The highest BCUT2D eigenvalue weighted by Gasteiger charge is 2.15. The van der Waals surface area contributed by atoms with Crippen LogP contribution in [-0.4, -0.2) is 15.9 Å². The third-order valence-corrected chi connectivity index (χ3v) is 4.06. The van der Waals surface area contributed by atoms with Gasteiger partial charge in [0, 0.05) is 29.0 Å². The van der Waals surface area contributed by atoms with Gasteiger partial charge >= 0.3 is 0 Å². The van der Waals surface area contributed by atoms with Crippen LogP contribution in [0.3, 0.4) is 0 Å². The van der Waals surface area contributed by atoms with Crippen LogP contribution in [0.25, 0.3) is 21.8 Å². The van der Waals surface area contributed by atoms with Gasteiger partial charge in [0.25, 0.3) is 5.91 Å². The summed E-state index contributed by atoms with van der Waals surface area (Å²) in [6.07, 6.45) is 1.55. The van der Waals surface area contributed by atoms with Crippen molar-refractivity contribution in [2.45, 2.75) is 6.54 Å². The van der Waals surface area contributed by atoms with Crippen molar-refractivity contribution in [1.29, 1.82) is 0 Å². The van der Waals surface area contributed by atoms with E-state index >= 15 is 0 Å². The highest BCUT2D eigenvalue weighted by atomic mass is 19.1. The van der Waals surface area contributed by atoms with Gasteiger partial charge in [0.2, 0.25) is 0 Å². The number of carbonyl (C=O) groups excluding carboxylic acids is 1. The van der Waals surface area contributed by atoms with Crippen LogP contribution in [0.15, 0.2) is 54.7 Å². The van der Waals surface area contributed by atoms with Crippen LogP contribution in [0.4, 0.5) is 8.78 Å². The molecule has 0 spiro atoms. The fourth-order valence-corrected chi connectivity index (χ4v) is 2.84. The van der Waals surface area contributed by atoms with E-state index in [1.54, 1.807) is 30.5 Å². The Balaban J connectivity index is 1.67. The van der Waals surface area contributed by atoms with Crippen LogP contribution in [0.5, 0.6) is 0 Å². The maximum atomic E-state index is 13.4. The molecular weight excluding hydrogens is 324 g/mol. The van der Waals surface area contributed by atoms with Gasteiger partial charge in [-0.1, -0.05) is 12.1 Å². The van der Waals surface area contributed by atoms with Crippen molar-refractivity contribution in [3.63, 3.8) is 0 Å². The third-order valence-electron chi connectivity index (χ3n) is 4.06. The van der Waals surface area contributed by atoms with E-state index in [-0.39, 0.29) is 29.8 Å². The number of H-pyrrole nitrogens is 1. The summed E-state index contributed by atoms with van der Waals surface area (Å²) >= 11 is 0. The molecule has 0 bridgehead atoms. The van der Waals surface area contributed by atoms with Crippen molar-refractivity contribution >= 4 is 27.7 Å². The maximum absolute atomic E-state index is 13.4. The number of aromatic amines is 1. The van der Waals surface area contributed by atoms with Gasteiger partial charge < -0.3 is 10.3 Å². The molecule has 0 aliphatic carbocycles. The number of halogens is 2. The van der Waals surface area contributed by atoms with Gasteiger partial charge in [-0.2, -0.15) is 0 Å². The van der Waals surface area contributed by atoms with E-state index in [9.17, 15) is 13.6 Å². The zero-order valence-electron chi connectivity index (χ0n) is 13.0. The molecule has 4 aromatic rings. The van der Waals surface area contributed by atoms with Crippen LogP contribution in [0.2, 0.25) is 0 Å². The molecule has 1 amide bonds. The summed E-state index contributed by atoms with van der Waals surface area (Å²) in [5.74, 6) is -1.04. The lowest BCUT2D eigenvalue weighted by atomic mass is 10.1. The first kappa shape index (κ1) is 15.3. The smallest absolute Gasteiger partial charge is 0.272 e. The fraction of sp³-hybridized carbons (Fsp3) is 0.0526. The SMILES string of the molecule is O=C(NCc1ccc(F)cc1)c1nccc2c1[nH]c1cc(F)ccc12. The summed E-state index contributed by atoms with van der Waals surface area (Å²) < 4.78 is 26.3. The molecule has 124 valence electrons. The van der Waals surface area contributed by atoms with E-state index in [0.717, 1.165) is 16.3 Å². The monoisotopic (exact) mass is 337 g/mol. The molecule has 2 heterocycles. The Bertz CT molecular complexity index is 1090. The lowest BCUT2D eigenvalue weighted by Gasteiger charge is -2.06. The molecule has 0 atom stereocenters. The van der Waals surface area contributed by atoms with E-state index in [1.165, 1.54) is 24.3 Å². The first-order valence-electron chi connectivity index (χ1n) is 7.70. The molecule has 6 heteroatoms. The number of hydrogen-bond acceptors (Lipinski definition) is 2. The van der Waals surface area contributed by atoms with Crippen molar-refractivity contribution in [1.82, 2.24) is 15.3 Å². The number of rotatable bonds is 3. The molecule has 0 unspecified atom stereocenters. The molecule has 4 nitrogen and oxygen atoms in total. The number of carbonyl (C=O) groups is 1. The highest BCUT2D eigenvalue weighted by Crippen LogP contribution is 2.27. The second kappa shape index (κ2) is 5.98. The Labute approximate surface area is 141 Å². The van der Waals surface area contributed by atoms with Gasteiger partial charge in [0.05, 0.1) is 5.52 Å². The average Bonchev–Trinajstić information content (AvgIpc) is 2.98. The molecule has 0 saturated heterocycles. The summed E-state index contributed by atoms with van der Waals surface area (Å²) in [6.45, 7) is 0.256. The maximum Gasteiger partial charge on any atom is 0.272 e. The zero-order valence-corrected chi connectivity index (χ0v) is 13.0. The molecule has 2 aromatic heterocycles. The van der Waals surface area contributed by atoms with Crippen molar-refractivity contribution in [2.24, 2.45) is 0 Å². The third kappa shape index (κ3) is 2.82. The fourth-order valence-electron chi connectivity index (χ4n) is 2.84. The lowest BCUT2D eigenvalue weighted by molar-refractivity contribution is 0.0947. The normalized spacial score (nSPS) is 11.1. The quantitative estimate of drug-likeness (QED) is 0.595. The predicted molar refractivity (Wildman–Crippen MR) is 91.1 cm³/mol. The van der Waals surface area contributed by atoms with Gasteiger partial charge in [-0.15, -0.1) is 0 Å². The molecule has 0 saturated carbocycles. The summed E-state index contributed by atoms with van der Waals surface area (Å²) in [4.78, 5) is 19.7. The molecule has 0 radical (unpaired) electrons. The van der Waals surface area contributed by atoms with Gasteiger partial charge in [-0.25, -0.2) is 13.8 Å². The van der Waals surface area contributed by atoms with Crippen LogP contribution >= 0.6 is 0 Å². The second-order valence-corrected chi connectivity index (χ2v) is 5.71. The number of nitrogens with zero attached hydrogens (tertiary/aromatic N) is 1. The molecule has 4 rings (SSSR count). The zero-order chi connectivity index (χ0) is 17.4. The molecule has 0 aliphatic heterocycles. The molecular formula is C19H13F2N3O. The number of hydrogen-bond donors (Lipinski definition) is 2. The van der Waals surface area contributed by atoms with Crippen LogP contribution in [0, 0.1) is 11.6 Å². The number of fused-ring (bicyclic) bond motifs is 3. The number of aromatic nitrogens is 2. The van der Waals surface area contributed by atoms with Crippen molar-refractivity contribution < 1.29 is 13.6 Å². The van der Waals surface area contributed by atoms with Crippen molar-refractivity contribution in [3.05, 3.63) is 77.6 Å². The van der Waals surface area contributed by atoms with Gasteiger partial charge in [0.15, 0.2) is 5.69 Å². The minimum atomic E-state index is -0.359. The van der Waals surface area contributed by atoms with Crippen LogP contribution in [-0.2, 0) is 6.54 Å². The number of nitrogens with one attached hydrogen (secondary N) is 2. The summed E-state index contributed by atoms with van der Waals surface area (Å²) in [5.41, 5.74) is 2.17. The molecule has 25 heavy (non-hydrogen) atoms. The molecule has 0 aliphatic rings. The van der Waals surface area contributed by atoms with Gasteiger partial charge in [0.1, 0.15) is 11.6 Å². The Kier molecular flexibility index (Phi) is 3.65. The second-order valence-electron chi connectivity index (χ2n) is 5.71. The Hall–Kier alpha value is -3.28. The van der Waals surface area contributed by atoms with E-state index in [4.69, 9.17) is 0 Å². The summed E-state index contributed by atoms with van der Waals surface area (Å²) in [5, 5.41) is 4.39. The molecule has 0 fully saturated rings. The summed E-state index contributed by atoms with van der Waals surface area (Å²) in [6, 6.07) is 12.1. The van der Waals surface area contributed by atoms with E-state index in [0.29, 0.717) is 11.0 Å². The number of benzene rings is 2. The minimum Gasteiger partial charge on any atom is -0.352 e. The largest absolute Gasteiger partial charge is 0.352 e. The number of pyridine rings is 1. The first-order valence-corrected chi connectivity index (χ1v) is 7.70. The summed E-state index contributed by atoms with van der Waals surface area (Å²) in [7, 11) is 0. The van der Waals surface area contributed by atoms with Crippen molar-refractivity contribution in [2.75, 3.05) is 0 Å². The lowest BCUT2D eigenvalue weighted by Crippen LogP contribution is -2.24. The molecule has 2 N–H and O–H groups in total. The Morgan fingerprint density at radius 3 is 2.56 bits per heavy atom. The highest BCUT2D eigenvalue weighted by molar-refractivity contribution is 6.13. The number of amides is 1. The molecule has 2 aromatic carbocycles. The predicted octanol–water partition coefficient (Wildman–Crippen LogP) is 3.92. The van der Waals surface area contributed by atoms with Crippen LogP contribution in [0.1, 0.15) is 16.1 Å². The first-order chi connectivity index (χ1) is 12.1. The minimum absolute atomic E-state index is 0.233. The van der Waals surface area contributed by atoms with E-state index < -0.39 is 0 Å². The van der Waals surface area contributed by atoms with E-state index in [1.807, 2.05) is 0 Å². The Morgan fingerprint density at radius 1 is 1.00 bits per heavy atom. The van der Waals surface area contributed by atoms with Crippen molar-refractivity contribution in [3.8, 4) is 0 Å². The van der Waals surface area contributed by atoms with Gasteiger partial charge in [-0.3, -0.25) is 4.79 Å². The standard InChI is InChI=1S/C19H13F2N3O/c20-12-3-1-11(2-4-12)10-23-19(25)18-17-15(7-8-22-18)14-6-5-13(21)9-16(14)24-17/h1-9,24H,10H2,(H,23,25). The Morgan fingerprint density at radius 2 is 1.76 bits per heavy atom. The topological polar surface area (TPSA) is 57.8 Å². The average molecular weight is 337 g/mol. The van der Waals surface area contributed by atoms with E-state index in [2.05, 4.69) is 15.3 Å².